The van der Waals surface area contributed by atoms with E-state index in [9.17, 15) is 4.79 Å². The van der Waals surface area contributed by atoms with Gasteiger partial charge in [0.2, 0.25) is 0 Å². The molecule has 1 aliphatic rings. The van der Waals surface area contributed by atoms with Crippen molar-refractivity contribution in [2.75, 3.05) is 52.7 Å². The van der Waals surface area contributed by atoms with Gasteiger partial charge in [0.25, 0.3) is 0 Å². The Morgan fingerprint density at radius 2 is 1.62 bits per heavy atom. The third kappa shape index (κ3) is 12.3. The predicted molar refractivity (Wildman–Crippen MR) is 92.0 cm³/mol. The van der Waals surface area contributed by atoms with Gasteiger partial charge in [-0.25, -0.2) is 4.79 Å². The molecule has 0 heterocycles. The fourth-order valence-electron chi connectivity index (χ4n) is 2.29. The lowest BCUT2D eigenvalue weighted by Gasteiger charge is -2.18. The number of carbonyl (C=O) groups excluding carboxylic acids is 1. The molecule has 0 spiro atoms. The van der Waals surface area contributed by atoms with Gasteiger partial charge in [-0.1, -0.05) is 12.2 Å². The molecule has 0 aromatic rings. The summed E-state index contributed by atoms with van der Waals surface area (Å²) in [6, 6.07) is 0. The Kier molecular flexibility index (Phi) is 13.4. The summed E-state index contributed by atoms with van der Waals surface area (Å²) < 4.78 is 21.3. The van der Waals surface area contributed by atoms with Gasteiger partial charge in [-0.05, 0) is 32.1 Å². The summed E-state index contributed by atoms with van der Waals surface area (Å²) in [6.07, 6.45) is 8.95. The topological polar surface area (TPSA) is 92.0 Å². The molecule has 0 saturated heterocycles. The molecular formula is C17H32N2O5. The van der Waals surface area contributed by atoms with E-state index >= 15 is 0 Å². The van der Waals surface area contributed by atoms with Crippen LogP contribution in [-0.4, -0.2) is 64.9 Å². The van der Waals surface area contributed by atoms with Crippen LogP contribution in [0.15, 0.2) is 12.2 Å². The number of allylic oxidation sites excluding steroid dienone is 2. The molecule has 140 valence electrons. The lowest BCUT2D eigenvalue weighted by Crippen LogP contribution is -2.31. The van der Waals surface area contributed by atoms with Crippen LogP contribution in [0.4, 0.5) is 4.79 Å². The second-order valence-electron chi connectivity index (χ2n) is 5.56. The van der Waals surface area contributed by atoms with E-state index in [-0.39, 0.29) is 12.2 Å². The van der Waals surface area contributed by atoms with Crippen molar-refractivity contribution in [1.82, 2.24) is 5.32 Å². The number of nitrogens with two attached hydrogens (primary N) is 1. The van der Waals surface area contributed by atoms with Gasteiger partial charge in [0.15, 0.2) is 0 Å². The zero-order valence-electron chi connectivity index (χ0n) is 14.5. The van der Waals surface area contributed by atoms with Gasteiger partial charge in [-0.15, -0.1) is 0 Å². The first-order valence-corrected chi connectivity index (χ1v) is 8.85. The zero-order valence-corrected chi connectivity index (χ0v) is 14.5. The third-order valence-electron chi connectivity index (χ3n) is 3.51. The minimum atomic E-state index is -0.360. The number of hydrogen-bond acceptors (Lipinski definition) is 6. The summed E-state index contributed by atoms with van der Waals surface area (Å²) in [4.78, 5) is 11.7. The second kappa shape index (κ2) is 15.4. The highest BCUT2D eigenvalue weighted by Gasteiger charge is 2.14. The van der Waals surface area contributed by atoms with E-state index in [0.717, 1.165) is 32.1 Å². The Balaban J connectivity index is 1.88. The van der Waals surface area contributed by atoms with Crippen LogP contribution in [0.3, 0.4) is 0 Å². The summed E-state index contributed by atoms with van der Waals surface area (Å²) in [5.41, 5.74) is 5.30. The average Bonchev–Trinajstić information content (AvgIpc) is 2.55. The molecule has 0 aromatic carbocycles. The standard InChI is InChI=1S/C17H32N2O5/c18-8-10-21-12-14-23-15-13-22-11-9-19-17(20)24-16-6-4-2-1-3-5-7-16/h1-2,16H,3-15,18H2,(H,19,20)/t16-/m1/s1. The highest BCUT2D eigenvalue weighted by Crippen LogP contribution is 2.15. The van der Waals surface area contributed by atoms with Gasteiger partial charge in [-0.2, -0.15) is 0 Å². The highest BCUT2D eigenvalue weighted by atomic mass is 16.6. The third-order valence-corrected chi connectivity index (χ3v) is 3.51. The van der Waals surface area contributed by atoms with Crippen molar-refractivity contribution in [3.8, 4) is 0 Å². The van der Waals surface area contributed by atoms with Crippen LogP contribution in [0.5, 0.6) is 0 Å². The quantitative estimate of drug-likeness (QED) is 0.413. The lowest BCUT2D eigenvalue weighted by molar-refractivity contribution is 0.0161. The van der Waals surface area contributed by atoms with Crippen LogP contribution in [0.25, 0.3) is 0 Å². The number of amides is 1. The van der Waals surface area contributed by atoms with E-state index in [1.165, 1.54) is 0 Å². The van der Waals surface area contributed by atoms with Crippen molar-refractivity contribution in [2.45, 2.75) is 38.2 Å². The van der Waals surface area contributed by atoms with Gasteiger partial charge in [0.05, 0.1) is 39.6 Å². The minimum Gasteiger partial charge on any atom is -0.446 e. The highest BCUT2D eigenvalue weighted by molar-refractivity contribution is 5.67. The zero-order chi connectivity index (χ0) is 17.3. The molecule has 0 saturated carbocycles. The molecule has 24 heavy (non-hydrogen) atoms. The molecule has 7 heteroatoms. The maximum absolute atomic E-state index is 11.7. The van der Waals surface area contributed by atoms with Crippen LogP contribution in [0.1, 0.15) is 32.1 Å². The van der Waals surface area contributed by atoms with Gasteiger partial charge >= 0.3 is 6.09 Å². The van der Waals surface area contributed by atoms with Crippen molar-refractivity contribution in [1.29, 1.82) is 0 Å². The maximum Gasteiger partial charge on any atom is 0.407 e. The Morgan fingerprint density at radius 1 is 0.958 bits per heavy atom. The molecule has 1 atom stereocenters. The van der Waals surface area contributed by atoms with Gasteiger partial charge in [-0.3, -0.25) is 0 Å². The van der Waals surface area contributed by atoms with Crippen molar-refractivity contribution in [3.63, 3.8) is 0 Å². The molecule has 0 unspecified atom stereocenters. The summed E-state index contributed by atoms with van der Waals surface area (Å²) >= 11 is 0. The van der Waals surface area contributed by atoms with E-state index in [2.05, 4.69) is 17.5 Å². The molecule has 1 amide bonds. The number of ether oxygens (including phenoxy) is 4. The van der Waals surface area contributed by atoms with E-state index in [0.29, 0.717) is 52.7 Å². The van der Waals surface area contributed by atoms with Gasteiger partial charge in [0.1, 0.15) is 6.10 Å². The number of rotatable bonds is 12. The average molecular weight is 344 g/mol. The van der Waals surface area contributed by atoms with Crippen molar-refractivity contribution >= 4 is 6.09 Å². The minimum absolute atomic E-state index is 0.0192. The van der Waals surface area contributed by atoms with E-state index in [1.54, 1.807) is 0 Å². The summed E-state index contributed by atoms with van der Waals surface area (Å²) in [5, 5.41) is 2.71. The molecule has 1 aliphatic carbocycles. The number of alkyl carbamates (subject to hydrolysis) is 1. The van der Waals surface area contributed by atoms with Crippen LogP contribution in [0.2, 0.25) is 0 Å². The summed E-state index contributed by atoms with van der Waals surface area (Å²) in [6.45, 7) is 4.02. The van der Waals surface area contributed by atoms with Crippen LogP contribution >= 0.6 is 0 Å². The molecule has 0 bridgehead atoms. The van der Waals surface area contributed by atoms with E-state index in [4.69, 9.17) is 24.7 Å². The van der Waals surface area contributed by atoms with E-state index < -0.39 is 0 Å². The van der Waals surface area contributed by atoms with Crippen molar-refractivity contribution < 1.29 is 23.7 Å². The molecule has 0 fully saturated rings. The largest absolute Gasteiger partial charge is 0.446 e. The number of hydrogen-bond donors (Lipinski definition) is 2. The van der Waals surface area contributed by atoms with Gasteiger partial charge in [0, 0.05) is 13.1 Å². The normalized spacial score (nSPS) is 18.0. The van der Waals surface area contributed by atoms with Crippen LogP contribution in [0, 0.1) is 0 Å². The molecule has 3 N–H and O–H groups in total. The smallest absolute Gasteiger partial charge is 0.407 e. The van der Waals surface area contributed by atoms with E-state index in [1.807, 2.05) is 0 Å². The Labute approximate surface area is 144 Å². The molecule has 0 aliphatic heterocycles. The first kappa shape index (κ1) is 20.9. The lowest BCUT2D eigenvalue weighted by atomic mass is 10.0. The predicted octanol–water partition coefficient (Wildman–Crippen LogP) is 1.61. The Bertz CT molecular complexity index is 339. The first-order valence-electron chi connectivity index (χ1n) is 8.85. The molecule has 1 rings (SSSR count). The monoisotopic (exact) mass is 344 g/mol. The molecule has 7 nitrogen and oxygen atoms in total. The fraction of sp³-hybridized carbons (Fsp3) is 0.824. The fourth-order valence-corrected chi connectivity index (χ4v) is 2.29. The van der Waals surface area contributed by atoms with Crippen LogP contribution < -0.4 is 11.1 Å². The first-order chi connectivity index (χ1) is 11.8. The molecular weight excluding hydrogens is 312 g/mol. The molecule has 0 radical (unpaired) electrons. The van der Waals surface area contributed by atoms with Crippen molar-refractivity contribution in [2.24, 2.45) is 5.73 Å². The van der Waals surface area contributed by atoms with Crippen molar-refractivity contribution in [3.05, 3.63) is 12.2 Å². The SMILES string of the molecule is NCCOCCOCCOCCNC(=O)O[C@@H]1CCC=CCCC1. The second-order valence-corrected chi connectivity index (χ2v) is 5.56. The summed E-state index contributed by atoms with van der Waals surface area (Å²) in [5.74, 6) is 0. The van der Waals surface area contributed by atoms with Gasteiger partial charge < -0.3 is 30.0 Å². The van der Waals surface area contributed by atoms with Crippen LogP contribution in [-0.2, 0) is 18.9 Å². The summed E-state index contributed by atoms with van der Waals surface area (Å²) in [7, 11) is 0. The number of carbonyl (C=O) groups is 1. The number of nitrogens with one attached hydrogen (secondary N) is 1. The Morgan fingerprint density at radius 3 is 2.38 bits per heavy atom. The molecule has 0 aromatic heterocycles. The Hall–Kier alpha value is -1.15. The maximum atomic E-state index is 11.7.